The van der Waals surface area contributed by atoms with E-state index in [1.165, 1.54) is 0 Å². The third-order valence-corrected chi connectivity index (χ3v) is 5.47. The quantitative estimate of drug-likeness (QED) is 0.840. The first-order valence-electron chi connectivity index (χ1n) is 7.32. The molecule has 2 N–H and O–H groups in total. The van der Waals surface area contributed by atoms with Gasteiger partial charge in [0, 0.05) is 31.0 Å². The van der Waals surface area contributed by atoms with Crippen molar-refractivity contribution in [3.05, 3.63) is 18.0 Å². The van der Waals surface area contributed by atoms with E-state index in [1.54, 1.807) is 12.3 Å². The van der Waals surface area contributed by atoms with Gasteiger partial charge >= 0.3 is 0 Å². The van der Waals surface area contributed by atoms with E-state index in [2.05, 4.69) is 17.0 Å². The maximum Gasteiger partial charge on any atom is 0.242 e. The summed E-state index contributed by atoms with van der Waals surface area (Å²) in [6, 6.07) is 1.86. The monoisotopic (exact) mass is 299 g/mol. The SMILES string of the molecule is CCn1cc(S(=O)(=O)NC2CCC(C)C2)cc1CNC. The highest BCUT2D eigenvalue weighted by Crippen LogP contribution is 2.26. The number of hydrogen-bond acceptors (Lipinski definition) is 3. The molecular weight excluding hydrogens is 274 g/mol. The second-order valence-corrected chi connectivity index (χ2v) is 7.43. The van der Waals surface area contributed by atoms with Gasteiger partial charge in [-0.15, -0.1) is 0 Å². The lowest BCUT2D eigenvalue weighted by Crippen LogP contribution is -2.32. The third-order valence-electron chi connectivity index (χ3n) is 3.99. The van der Waals surface area contributed by atoms with Crippen molar-refractivity contribution in [2.45, 2.75) is 57.1 Å². The zero-order valence-electron chi connectivity index (χ0n) is 12.5. The van der Waals surface area contributed by atoms with Gasteiger partial charge in [0.2, 0.25) is 10.0 Å². The maximum atomic E-state index is 12.4. The van der Waals surface area contributed by atoms with Crippen LogP contribution in [0.3, 0.4) is 0 Å². The molecule has 1 aromatic rings. The molecule has 0 aromatic carbocycles. The van der Waals surface area contributed by atoms with Gasteiger partial charge in [0.25, 0.3) is 0 Å². The van der Waals surface area contributed by atoms with Crippen molar-refractivity contribution in [3.63, 3.8) is 0 Å². The molecular formula is C14H25N3O2S. The van der Waals surface area contributed by atoms with Crippen molar-refractivity contribution in [3.8, 4) is 0 Å². The van der Waals surface area contributed by atoms with Gasteiger partial charge < -0.3 is 9.88 Å². The highest BCUT2D eigenvalue weighted by molar-refractivity contribution is 7.89. The second-order valence-electron chi connectivity index (χ2n) is 5.72. The molecule has 1 fully saturated rings. The minimum Gasteiger partial charge on any atom is -0.349 e. The molecule has 0 spiro atoms. The number of hydrogen-bond donors (Lipinski definition) is 2. The number of rotatable bonds is 6. The molecule has 0 radical (unpaired) electrons. The van der Waals surface area contributed by atoms with Crippen molar-refractivity contribution in [2.24, 2.45) is 5.92 Å². The minimum atomic E-state index is -3.40. The normalized spacial score (nSPS) is 23.4. The first kappa shape index (κ1) is 15.5. The molecule has 0 bridgehead atoms. The van der Waals surface area contributed by atoms with E-state index in [-0.39, 0.29) is 6.04 Å². The van der Waals surface area contributed by atoms with Gasteiger partial charge in [0.1, 0.15) is 0 Å². The average Bonchev–Trinajstić information content (AvgIpc) is 2.96. The smallest absolute Gasteiger partial charge is 0.242 e. The molecule has 1 heterocycles. The molecule has 2 unspecified atom stereocenters. The molecule has 20 heavy (non-hydrogen) atoms. The standard InChI is InChI=1S/C14H25N3O2S/c1-4-17-10-14(8-13(17)9-15-3)20(18,19)16-12-6-5-11(2)7-12/h8,10-12,15-16H,4-7,9H2,1-3H3. The van der Waals surface area contributed by atoms with Crippen molar-refractivity contribution in [2.75, 3.05) is 7.05 Å². The average molecular weight is 299 g/mol. The van der Waals surface area contributed by atoms with Crippen LogP contribution in [0, 0.1) is 5.92 Å². The Kier molecular flexibility index (Phi) is 4.88. The van der Waals surface area contributed by atoms with Gasteiger partial charge in [-0.05, 0) is 45.2 Å². The lowest BCUT2D eigenvalue weighted by Gasteiger charge is -2.11. The highest BCUT2D eigenvalue weighted by Gasteiger charge is 2.27. The fourth-order valence-electron chi connectivity index (χ4n) is 2.90. The van der Waals surface area contributed by atoms with Crippen LogP contribution in [-0.2, 0) is 23.1 Å². The zero-order valence-corrected chi connectivity index (χ0v) is 13.3. The summed E-state index contributed by atoms with van der Waals surface area (Å²) >= 11 is 0. The maximum absolute atomic E-state index is 12.4. The van der Waals surface area contributed by atoms with Crippen molar-refractivity contribution >= 4 is 10.0 Å². The van der Waals surface area contributed by atoms with E-state index in [4.69, 9.17) is 0 Å². The highest BCUT2D eigenvalue weighted by atomic mass is 32.2. The predicted octanol–water partition coefficient (Wildman–Crippen LogP) is 1.69. The fraction of sp³-hybridized carbons (Fsp3) is 0.714. The summed E-state index contributed by atoms with van der Waals surface area (Å²) in [6.45, 7) is 5.63. The first-order chi connectivity index (χ1) is 9.46. The Morgan fingerprint density at radius 2 is 2.15 bits per heavy atom. The largest absolute Gasteiger partial charge is 0.349 e. The second kappa shape index (κ2) is 6.28. The molecule has 1 aromatic heterocycles. The van der Waals surface area contributed by atoms with Gasteiger partial charge in [-0.2, -0.15) is 0 Å². The van der Waals surface area contributed by atoms with E-state index >= 15 is 0 Å². The summed E-state index contributed by atoms with van der Waals surface area (Å²) in [7, 11) is -1.54. The minimum absolute atomic E-state index is 0.0905. The Labute approximate surface area is 121 Å². The van der Waals surface area contributed by atoms with Gasteiger partial charge in [-0.1, -0.05) is 6.92 Å². The molecule has 0 saturated heterocycles. The molecule has 1 aliphatic rings. The van der Waals surface area contributed by atoms with Gasteiger partial charge in [0.05, 0.1) is 4.90 Å². The van der Waals surface area contributed by atoms with Crippen LogP contribution in [0.1, 0.15) is 38.8 Å². The van der Waals surface area contributed by atoms with Crippen LogP contribution in [0.25, 0.3) is 0 Å². The van der Waals surface area contributed by atoms with E-state index in [9.17, 15) is 8.42 Å². The summed E-state index contributed by atoms with van der Waals surface area (Å²) in [5.41, 5.74) is 0.996. The third kappa shape index (κ3) is 3.42. The van der Waals surface area contributed by atoms with E-state index in [0.717, 1.165) is 31.5 Å². The number of nitrogens with one attached hydrogen (secondary N) is 2. The topological polar surface area (TPSA) is 63.1 Å². The summed E-state index contributed by atoms with van der Waals surface area (Å²) in [5, 5.41) is 3.07. The Morgan fingerprint density at radius 1 is 1.40 bits per heavy atom. The van der Waals surface area contributed by atoms with E-state index in [0.29, 0.717) is 17.4 Å². The molecule has 2 rings (SSSR count). The van der Waals surface area contributed by atoms with Crippen LogP contribution in [0.5, 0.6) is 0 Å². The summed E-state index contributed by atoms with van der Waals surface area (Å²) < 4.78 is 29.7. The molecule has 114 valence electrons. The molecule has 0 amide bonds. The molecule has 5 nitrogen and oxygen atoms in total. The van der Waals surface area contributed by atoms with Crippen LogP contribution in [0.2, 0.25) is 0 Å². The van der Waals surface area contributed by atoms with Gasteiger partial charge in [0.15, 0.2) is 0 Å². The lowest BCUT2D eigenvalue weighted by atomic mass is 10.1. The Morgan fingerprint density at radius 3 is 2.70 bits per heavy atom. The van der Waals surface area contributed by atoms with Gasteiger partial charge in [-0.3, -0.25) is 0 Å². The van der Waals surface area contributed by atoms with Crippen LogP contribution in [0.4, 0.5) is 0 Å². The summed E-state index contributed by atoms with van der Waals surface area (Å²) in [6.07, 6.45) is 4.72. The number of nitrogens with zero attached hydrogens (tertiary/aromatic N) is 1. The van der Waals surface area contributed by atoms with E-state index in [1.807, 2.05) is 18.5 Å². The van der Waals surface area contributed by atoms with E-state index < -0.39 is 10.0 Å². The Bertz CT molecular complexity index is 551. The molecule has 0 aliphatic heterocycles. The van der Waals surface area contributed by atoms with Crippen LogP contribution >= 0.6 is 0 Å². The van der Waals surface area contributed by atoms with Crippen molar-refractivity contribution < 1.29 is 8.42 Å². The molecule has 2 atom stereocenters. The summed E-state index contributed by atoms with van der Waals surface area (Å²) in [5.74, 6) is 0.614. The van der Waals surface area contributed by atoms with Gasteiger partial charge in [-0.25, -0.2) is 13.1 Å². The van der Waals surface area contributed by atoms with Crippen LogP contribution < -0.4 is 10.0 Å². The molecule has 1 saturated carbocycles. The molecule has 6 heteroatoms. The zero-order chi connectivity index (χ0) is 14.8. The first-order valence-corrected chi connectivity index (χ1v) is 8.80. The fourth-order valence-corrected chi connectivity index (χ4v) is 4.24. The Balaban J connectivity index is 2.16. The number of aromatic nitrogens is 1. The number of sulfonamides is 1. The number of aryl methyl sites for hydroxylation is 1. The Hall–Kier alpha value is -0.850. The predicted molar refractivity (Wildman–Crippen MR) is 80.0 cm³/mol. The van der Waals surface area contributed by atoms with Crippen LogP contribution in [0.15, 0.2) is 17.2 Å². The summed E-state index contributed by atoms with van der Waals surface area (Å²) in [4.78, 5) is 0.379. The van der Waals surface area contributed by atoms with Crippen molar-refractivity contribution in [1.82, 2.24) is 14.6 Å². The van der Waals surface area contributed by atoms with Crippen molar-refractivity contribution in [1.29, 1.82) is 0 Å². The lowest BCUT2D eigenvalue weighted by molar-refractivity contribution is 0.538. The van der Waals surface area contributed by atoms with Crippen LogP contribution in [-0.4, -0.2) is 26.1 Å². The molecule has 1 aliphatic carbocycles.